The molecule has 1 N–H and O–H groups in total. The molecule has 0 radical (unpaired) electrons. The van der Waals surface area contributed by atoms with E-state index in [0.29, 0.717) is 6.42 Å². The molecule has 2 saturated carbocycles. The predicted octanol–water partition coefficient (Wildman–Crippen LogP) is 1.79. The van der Waals surface area contributed by atoms with Crippen LogP contribution in [-0.2, 0) is 4.79 Å². The molecule has 3 amide bonds. The van der Waals surface area contributed by atoms with Gasteiger partial charge in [-0.1, -0.05) is 12.8 Å². The van der Waals surface area contributed by atoms with Crippen molar-refractivity contribution in [3.63, 3.8) is 0 Å². The first-order valence-electron chi connectivity index (χ1n) is 6.34. The smallest absolute Gasteiger partial charge is 0.324 e. The quantitative estimate of drug-likeness (QED) is 0.735. The molecule has 0 bridgehead atoms. The van der Waals surface area contributed by atoms with Crippen LogP contribution < -0.4 is 5.32 Å². The van der Waals surface area contributed by atoms with Gasteiger partial charge < -0.3 is 5.32 Å². The van der Waals surface area contributed by atoms with Gasteiger partial charge in [0.05, 0.1) is 12.0 Å². The van der Waals surface area contributed by atoms with Gasteiger partial charge in [-0.05, 0) is 32.1 Å². The van der Waals surface area contributed by atoms with E-state index in [1.807, 2.05) is 0 Å². The molecule has 0 aromatic rings. The number of nitrogens with zero attached hydrogens (tertiary/aromatic N) is 1. The molecule has 0 unspecified atom stereocenters. The number of carbonyl (C=O) groups excluding carboxylic acids is 2. The summed E-state index contributed by atoms with van der Waals surface area (Å²) in [6.45, 7) is 0. The second-order valence-electron chi connectivity index (χ2n) is 5.44. The van der Waals surface area contributed by atoms with Crippen LogP contribution in [0.2, 0.25) is 0 Å². The molecule has 1 saturated heterocycles. The molecule has 3 rings (SSSR count). The van der Waals surface area contributed by atoms with Crippen LogP contribution in [0.25, 0.3) is 0 Å². The Labute approximate surface area is 95.4 Å². The molecule has 4 nitrogen and oxygen atoms in total. The highest BCUT2D eigenvalue weighted by molar-refractivity contribution is 5.98. The van der Waals surface area contributed by atoms with Crippen molar-refractivity contribution < 1.29 is 9.59 Å². The Morgan fingerprint density at radius 1 is 1.12 bits per heavy atom. The maximum atomic E-state index is 12.1. The number of imide groups is 1. The summed E-state index contributed by atoms with van der Waals surface area (Å²) in [4.78, 5) is 25.6. The fraction of sp³-hybridized carbons (Fsp3) is 0.833. The number of hydrogen-bond donors (Lipinski definition) is 1. The third-order valence-electron chi connectivity index (χ3n) is 4.35. The van der Waals surface area contributed by atoms with Crippen molar-refractivity contribution >= 4 is 11.9 Å². The summed E-state index contributed by atoms with van der Waals surface area (Å²) in [5.41, 5.74) is -0.163. The lowest BCUT2D eigenvalue weighted by Gasteiger charge is -2.48. The zero-order valence-corrected chi connectivity index (χ0v) is 9.50. The number of urea groups is 1. The summed E-state index contributed by atoms with van der Waals surface area (Å²) in [5, 5.41) is 3.05. The van der Waals surface area contributed by atoms with Crippen molar-refractivity contribution in [2.75, 3.05) is 0 Å². The highest BCUT2D eigenvalue weighted by Gasteiger charge is 2.48. The summed E-state index contributed by atoms with van der Waals surface area (Å²) in [7, 11) is 0. The van der Waals surface area contributed by atoms with E-state index in [-0.39, 0.29) is 23.5 Å². The van der Waals surface area contributed by atoms with Gasteiger partial charge in [0.1, 0.15) is 0 Å². The second-order valence-corrected chi connectivity index (χ2v) is 5.44. The van der Waals surface area contributed by atoms with Gasteiger partial charge in [-0.25, -0.2) is 4.79 Å². The molecular weight excluding hydrogens is 204 g/mol. The lowest BCUT2D eigenvalue weighted by molar-refractivity contribution is -0.135. The van der Waals surface area contributed by atoms with Crippen LogP contribution in [0, 0.1) is 0 Å². The Hall–Kier alpha value is -1.06. The van der Waals surface area contributed by atoms with Crippen LogP contribution in [-0.4, -0.2) is 28.4 Å². The van der Waals surface area contributed by atoms with Crippen molar-refractivity contribution in [2.45, 2.75) is 62.9 Å². The molecule has 0 aromatic carbocycles. The van der Waals surface area contributed by atoms with Crippen LogP contribution in [0.15, 0.2) is 0 Å². The number of amides is 3. The summed E-state index contributed by atoms with van der Waals surface area (Å²) in [6.07, 6.45) is 7.89. The molecule has 16 heavy (non-hydrogen) atoms. The summed E-state index contributed by atoms with van der Waals surface area (Å²) in [5.74, 6) is 0.0513. The van der Waals surface area contributed by atoms with Gasteiger partial charge in [0.15, 0.2) is 0 Å². The second kappa shape index (κ2) is 3.47. The number of carbonyl (C=O) groups is 2. The minimum Gasteiger partial charge on any atom is -0.332 e. The molecular formula is C12H18N2O2. The summed E-state index contributed by atoms with van der Waals surface area (Å²) >= 11 is 0. The average molecular weight is 222 g/mol. The Morgan fingerprint density at radius 2 is 1.81 bits per heavy atom. The monoisotopic (exact) mass is 222 g/mol. The van der Waals surface area contributed by atoms with Crippen molar-refractivity contribution in [1.82, 2.24) is 10.2 Å². The Balaban J connectivity index is 1.75. The van der Waals surface area contributed by atoms with E-state index in [4.69, 9.17) is 0 Å². The van der Waals surface area contributed by atoms with Gasteiger partial charge >= 0.3 is 6.03 Å². The van der Waals surface area contributed by atoms with Crippen LogP contribution in [0.5, 0.6) is 0 Å². The van der Waals surface area contributed by atoms with Crippen LogP contribution >= 0.6 is 0 Å². The molecule has 1 heterocycles. The maximum absolute atomic E-state index is 12.1. The normalized spacial score (nSPS) is 29.4. The van der Waals surface area contributed by atoms with Crippen LogP contribution in [0.1, 0.15) is 51.4 Å². The largest absolute Gasteiger partial charge is 0.332 e. The van der Waals surface area contributed by atoms with E-state index < -0.39 is 0 Å². The van der Waals surface area contributed by atoms with E-state index in [9.17, 15) is 9.59 Å². The van der Waals surface area contributed by atoms with E-state index in [1.165, 1.54) is 4.90 Å². The van der Waals surface area contributed by atoms with Gasteiger partial charge in [-0.3, -0.25) is 9.69 Å². The minimum absolute atomic E-state index is 0.0513. The number of nitrogens with one attached hydrogen (secondary N) is 1. The molecule has 3 aliphatic rings. The third-order valence-corrected chi connectivity index (χ3v) is 4.35. The Bertz CT molecular complexity index is 310. The lowest BCUT2D eigenvalue weighted by atomic mass is 9.73. The molecule has 0 aromatic heterocycles. The van der Waals surface area contributed by atoms with E-state index >= 15 is 0 Å². The van der Waals surface area contributed by atoms with Gasteiger partial charge in [0, 0.05) is 6.04 Å². The topological polar surface area (TPSA) is 49.4 Å². The molecule has 1 aliphatic heterocycles. The molecule has 1 spiro atoms. The molecule has 4 heteroatoms. The first-order valence-corrected chi connectivity index (χ1v) is 6.34. The summed E-state index contributed by atoms with van der Waals surface area (Å²) < 4.78 is 0. The highest BCUT2D eigenvalue weighted by Crippen LogP contribution is 2.39. The van der Waals surface area contributed by atoms with Crippen molar-refractivity contribution in [3.8, 4) is 0 Å². The SMILES string of the molecule is O=C1CC2(CCC2)NC(=O)N1C1CCCC1. The first kappa shape index (κ1) is 10.1. The van der Waals surface area contributed by atoms with Crippen LogP contribution in [0.3, 0.4) is 0 Å². The predicted molar refractivity (Wildman–Crippen MR) is 58.8 cm³/mol. The Morgan fingerprint density at radius 3 is 2.31 bits per heavy atom. The highest BCUT2D eigenvalue weighted by atomic mass is 16.2. The fourth-order valence-corrected chi connectivity index (χ4v) is 3.26. The minimum atomic E-state index is -0.163. The van der Waals surface area contributed by atoms with Crippen molar-refractivity contribution in [3.05, 3.63) is 0 Å². The summed E-state index contributed by atoms with van der Waals surface area (Å²) in [6, 6.07) is 0.0350. The average Bonchev–Trinajstić information content (AvgIpc) is 2.67. The van der Waals surface area contributed by atoms with Gasteiger partial charge in [-0.2, -0.15) is 0 Å². The molecule has 2 aliphatic carbocycles. The molecule has 88 valence electrons. The zero-order valence-electron chi connectivity index (χ0n) is 9.50. The standard InChI is InChI=1S/C12H18N2O2/c15-10-8-12(6-3-7-12)13-11(16)14(10)9-4-1-2-5-9/h9H,1-8H2,(H,13,16). The number of hydrogen-bond acceptors (Lipinski definition) is 2. The maximum Gasteiger partial charge on any atom is 0.324 e. The van der Waals surface area contributed by atoms with Crippen LogP contribution in [0.4, 0.5) is 4.79 Å². The number of rotatable bonds is 1. The lowest BCUT2D eigenvalue weighted by Crippen LogP contribution is -2.66. The fourth-order valence-electron chi connectivity index (χ4n) is 3.26. The van der Waals surface area contributed by atoms with Gasteiger partial charge in [-0.15, -0.1) is 0 Å². The van der Waals surface area contributed by atoms with E-state index in [1.54, 1.807) is 0 Å². The van der Waals surface area contributed by atoms with Crippen molar-refractivity contribution in [1.29, 1.82) is 0 Å². The van der Waals surface area contributed by atoms with E-state index in [0.717, 1.165) is 44.9 Å². The molecule has 3 fully saturated rings. The Kier molecular flexibility index (Phi) is 2.19. The zero-order chi connectivity index (χ0) is 11.2. The van der Waals surface area contributed by atoms with Crippen molar-refractivity contribution in [2.24, 2.45) is 0 Å². The first-order chi connectivity index (χ1) is 7.70. The molecule has 0 atom stereocenters. The van der Waals surface area contributed by atoms with Gasteiger partial charge in [0.2, 0.25) is 5.91 Å². The third kappa shape index (κ3) is 1.43. The van der Waals surface area contributed by atoms with Gasteiger partial charge in [0.25, 0.3) is 0 Å². The van der Waals surface area contributed by atoms with E-state index in [2.05, 4.69) is 5.32 Å².